The zero-order chi connectivity index (χ0) is 20.8. The molecule has 0 fully saturated rings. The molecule has 0 aliphatic heterocycles. The number of nitro benzene ring substituents is 2. The SMILES string of the molecule is O=C(O[C@H]1C=CC[C@@H](CSc2ccccc2)C1)c1cc([N+](=O)[O-])cc([N+](=O)[O-])c1. The number of hydrogen-bond acceptors (Lipinski definition) is 7. The summed E-state index contributed by atoms with van der Waals surface area (Å²) in [5.74, 6) is 0.357. The molecule has 0 saturated heterocycles. The lowest BCUT2D eigenvalue weighted by Crippen LogP contribution is -2.23. The van der Waals surface area contributed by atoms with Crippen molar-refractivity contribution in [3.63, 3.8) is 0 Å². The van der Waals surface area contributed by atoms with Gasteiger partial charge < -0.3 is 4.74 Å². The average Bonchev–Trinajstić information content (AvgIpc) is 2.73. The largest absolute Gasteiger partial charge is 0.455 e. The Kier molecular flexibility index (Phi) is 6.61. The van der Waals surface area contributed by atoms with Crippen LogP contribution in [0.5, 0.6) is 0 Å². The standard InChI is InChI=1S/C20H18N2O6S/c23-20(15-10-16(21(24)25)12-17(11-15)22(26)27)28-18-6-4-5-14(9-18)13-29-19-7-2-1-3-8-19/h1-4,6-8,10-12,14,18H,5,9,13H2/t14-,18+/m1/s1. The third kappa shape index (κ3) is 5.64. The van der Waals surface area contributed by atoms with Crippen LogP contribution in [0.4, 0.5) is 11.4 Å². The average molecular weight is 414 g/mol. The Bertz CT molecular complexity index is 915. The molecule has 0 saturated carbocycles. The third-order valence-electron chi connectivity index (χ3n) is 4.43. The first kappa shape index (κ1) is 20.5. The maximum absolute atomic E-state index is 12.4. The zero-order valence-corrected chi connectivity index (χ0v) is 16.1. The second-order valence-electron chi connectivity index (χ2n) is 6.59. The summed E-state index contributed by atoms with van der Waals surface area (Å²) in [7, 11) is 0. The summed E-state index contributed by atoms with van der Waals surface area (Å²) < 4.78 is 5.45. The monoisotopic (exact) mass is 414 g/mol. The molecule has 0 spiro atoms. The van der Waals surface area contributed by atoms with Gasteiger partial charge in [0.05, 0.1) is 21.5 Å². The molecule has 0 N–H and O–H groups in total. The fourth-order valence-electron chi connectivity index (χ4n) is 3.01. The van der Waals surface area contributed by atoms with Crippen molar-refractivity contribution in [2.24, 2.45) is 5.92 Å². The summed E-state index contributed by atoms with van der Waals surface area (Å²) in [4.78, 5) is 34.0. The van der Waals surface area contributed by atoms with Gasteiger partial charge in [-0.3, -0.25) is 20.2 Å². The number of non-ortho nitro benzene ring substituents is 2. The molecular weight excluding hydrogens is 396 g/mol. The minimum atomic E-state index is -0.817. The van der Waals surface area contributed by atoms with Crippen molar-refractivity contribution in [2.75, 3.05) is 5.75 Å². The molecule has 0 bridgehead atoms. The number of allylic oxidation sites excluding steroid dienone is 1. The van der Waals surface area contributed by atoms with E-state index >= 15 is 0 Å². The molecule has 1 aliphatic carbocycles. The van der Waals surface area contributed by atoms with Crippen LogP contribution in [0, 0.1) is 26.1 Å². The van der Waals surface area contributed by atoms with E-state index in [0.717, 1.165) is 30.4 Å². The number of benzene rings is 2. The number of rotatable bonds is 7. The molecule has 0 aromatic heterocycles. The lowest BCUT2D eigenvalue weighted by atomic mass is 9.94. The highest BCUT2D eigenvalue weighted by Gasteiger charge is 2.25. The summed E-state index contributed by atoms with van der Waals surface area (Å²) in [6.45, 7) is 0. The van der Waals surface area contributed by atoms with Gasteiger partial charge in [0.25, 0.3) is 11.4 Å². The van der Waals surface area contributed by atoms with Gasteiger partial charge in [0.2, 0.25) is 0 Å². The fraction of sp³-hybridized carbons (Fsp3) is 0.250. The molecule has 8 nitrogen and oxygen atoms in total. The molecular formula is C20H18N2O6S. The second kappa shape index (κ2) is 9.33. The van der Waals surface area contributed by atoms with Gasteiger partial charge in [0.1, 0.15) is 6.10 Å². The Balaban J connectivity index is 1.64. The lowest BCUT2D eigenvalue weighted by molar-refractivity contribution is -0.394. The van der Waals surface area contributed by atoms with E-state index in [0.29, 0.717) is 12.3 Å². The Morgan fingerprint density at radius 3 is 2.34 bits per heavy atom. The number of esters is 1. The summed E-state index contributed by atoms with van der Waals surface area (Å²) in [6.07, 6.45) is 4.76. The number of nitro groups is 2. The van der Waals surface area contributed by atoms with Crippen LogP contribution in [0.15, 0.2) is 65.6 Å². The molecule has 29 heavy (non-hydrogen) atoms. The van der Waals surface area contributed by atoms with Crippen molar-refractivity contribution in [1.82, 2.24) is 0 Å². The van der Waals surface area contributed by atoms with Gasteiger partial charge in [-0.2, -0.15) is 0 Å². The first-order chi connectivity index (χ1) is 13.9. The summed E-state index contributed by atoms with van der Waals surface area (Å²) >= 11 is 1.73. The van der Waals surface area contributed by atoms with E-state index in [1.807, 2.05) is 36.4 Å². The number of hydrogen-bond donors (Lipinski definition) is 0. The van der Waals surface area contributed by atoms with Crippen LogP contribution in [0.2, 0.25) is 0 Å². The van der Waals surface area contributed by atoms with Gasteiger partial charge >= 0.3 is 5.97 Å². The normalized spacial score (nSPS) is 18.2. The lowest BCUT2D eigenvalue weighted by Gasteiger charge is -2.24. The minimum Gasteiger partial charge on any atom is -0.455 e. The van der Waals surface area contributed by atoms with E-state index in [-0.39, 0.29) is 5.56 Å². The molecule has 2 atom stereocenters. The predicted molar refractivity (Wildman–Crippen MR) is 108 cm³/mol. The maximum Gasteiger partial charge on any atom is 0.339 e. The van der Waals surface area contributed by atoms with Crippen molar-refractivity contribution < 1.29 is 19.4 Å². The number of nitrogens with zero attached hydrogens (tertiary/aromatic N) is 2. The van der Waals surface area contributed by atoms with Crippen LogP contribution in [0.25, 0.3) is 0 Å². The molecule has 3 rings (SSSR count). The quantitative estimate of drug-likeness (QED) is 0.210. The van der Waals surface area contributed by atoms with E-state index in [9.17, 15) is 25.0 Å². The van der Waals surface area contributed by atoms with Gasteiger partial charge in [0, 0.05) is 22.8 Å². The maximum atomic E-state index is 12.4. The molecule has 0 amide bonds. The van der Waals surface area contributed by atoms with Crippen molar-refractivity contribution in [2.45, 2.75) is 23.8 Å². The van der Waals surface area contributed by atoms with Crippen LogP contribution >= 0.6 is 11.8 Å². The van der Waals surface area contributed by atoms with E-state index < -0.39 is 33.3 Å². The summed E-state index contributed by atoms with van der Waals surface area (Å²) in [5, 5.41) is 22.0. The van der Waals surface area contributed by atoms with E-state index in [4.69, 9.17) is 4.74 Å². The fourth-order valence-corrected chi connectivity index (χ4v) is 4.06. The number of thioether (sulfide) groups is 1. The third-order valence-corrected chi connectivity index (χ3v) is 5.68. The molecule has 0 unspecified atom stereocenters. The Morgan fingerprint density at radius 2 is 1.72 bits per heavy atom. The van der Waals surface area contributed by atoms with Crippen molar-refractivity contribution >= 4 is 29.1 Å². The van der Waals surface area contributed by atoms with E-state index in [2.05, 4.69) is 0 Å². The van der Waals surface area contributed by atoms with Crippen LogP contribution in [-0.4, -0.2) is 27.7 Å². The molecule has 1 aliphatic rings. The Morgan fingerprint density at radius 1 is 1.07 bits per heavy atom. The van der Waals surface area contributed by atoms with Gasteiger partial charge in [0.15, 0.2) is 0 Å². The summed E-state index contributed by atoms with van der Waals surface area (Å²) in [5.41, 5.74) is -1.26. The molecule has 2 aromatic carbocycles. The van der Waals surface area contributed by atoms with Crippen LogP contribution in [0.1, 0.15) is 23.2 Å². The predicted octanol–water partition coefficient (Wildman–Crippen LogP) is 4.79. The first-order valence-electron chi connectivity index (χ1n) is 8.91. The highest BCUT2D eigenvalue weighted by atomic mass is 32.2. The smallest absolute Gasteiger partial charge is 0.339 e. The molecule has 0 radical (unpaired) electrons. The van der Waals surface area contributed by atoms with Crippen LogP contribution < -0.4 is 0 Å². The van der Waals surface area contributed by atoms with Crippen molar-refractivity contribution in [1.29, 1.82) is 0 Å². The van der Waals surface area contributed by atoms with Gasteiger partial charge in [-0.1, -0.05) is 24.3 Å². The van der Waals surface area contributed by atoms with Crippen LogP contribution in [-0.2, 0) is 4.74 Å². The first-order valence-corrected chi connectivity index (χ1v) is 9.90. The number of carbonyl (C=O) groups is 1. The van der Waals surface area contributed by atoms with E-state index in [1.165, 1.54) is 4.90 Å². The Labute approximate surface area is 170 Å². The highest BCUT2D eigenvalue weighted by Crippen LogP contribution is 2.29. The highest BCUT2D eigenvalue weighted by molar-refractivity contribution is 7.99. The second-order valence-corrected chi connectivity index (χ2v) is 7.68. The van der Waals surface area contributed by atoms with E-state index in [1.54, 1.807) is 17.8 Å². The zero-order valence-electron chi connectivity index (χ0n) is 15.3. The van der Waals surface area contributed by atoms with Crippen molar-refractivity contribution in [3.8, 4) is 0 Å². The van der Waals surface area contributed by atoms with Crippen molar-refractivity contribution in [3.05, 3.63) is 86.5 Å². The minimum absolute atomic E-state index is 0.208. The Hall–Kier alpha value is -3.20. The van der Waals surface area contributed by atoms with Gasteiger partial charge in [-0.05, 0) is 37.0 Å². The molecule has 9 heteroatoms. The topological polar surface area (TPSA) is 113 Å². The molecule has 2 aromatic rings. The van der Waals surface area contributed by atoms with Gasteiger partial charge in [-0.25, -0.2) is 4.79 Å². The number of ether oxygens (including phenoxy) is 1. The van der Waals surface area contributed by atoms with Crippen LogP contribution in [0.3, 0.4) is 0 Å². The number of carbonyl (C=O) groups excluding carboxylic acids is 1. The van der Waals surface area contributed by atoms with Gasteiger partial charge in [-0.15, -0.1) is 11.8 Å². The molecule has 0 heterocycles. The molecule has 150 valence electrons. The summed E-state index contributed by atoms with van der Waals surface area (Å²) in [6, 6.07) is 12.8.